The van der Waals surface area contributed by atoms with E-state index in [1.807, 2.05) is 0 Å². The van der Waals surface area contributed by atoms with Crippen molar-refractivity contribution in [2.45, 2.75) is 6.92 Å². The smallest absolute Gasteiger partial charge is 1.00 e. The summed E-state index contributed by atoms with van der Waals surface area (Å²) in [5.74, 6) is -1.08. The van der Waals surface area contributed by atoms with Crippen molar-refractivity contribution in [3.05, 3.63) is 0 Å². The van der Waals surface area contributed by atoms with Crippen LogP contribution < -0.4 is 19.2 Å². The summed E-state index contributed by atoms with van der Waals surface area (Å²) in [5, 5.41) is 8.89. The maximum Gasteiger partial charge on any atom is 1.00 e. The van der Waals surface area contributed by atoms with Gasteiger partial charge in [0.25, 0.3) is 0 Å². The van der Waals surface area contributed by atoms with Crippen LogP contribution in [0.2, 0.25) is 0 Å². The van der Waals surface area contributed by atoms with Crippen LogP contribution in [0.3, 0.4) is 0 Å². The molecule has 0 aromatic rings. The molecule has 0 fully saturated rings. The summed E-state index contributed by atoms with van der Waals surface area (Å²) in [6.45, 7) is 0.972. The zero-order chi connectivity index (χ0) is 3.58. The number of hydrogen-bond donors (Lipinski definition) is 0. The Morgan fingerprint density at radius 2 is 0.909 bits per heavy atom. The minimum absolute atomic E-state index is 0. The van der Waals surface area contributed by atoms with Crippen LogP contribution in [0, 0.1) is 0 Å². The van der Waals surface area contributed by atoms with E-state index < -0.39 is 5.97 Å². The van der Waals surface area contributed by atoms with Crippen LogP contribution in [0.25, 0.3) is 0 Å². The van der Waals surface area contributed by atoms with Gasteiger partial charge in [-0.15, -0.1) is 0 Å². The molecule has 0 amide bonds. The fraction of sp³-hybridized carbons (Fsp3) is 0.500. The van der Waals surface area contributed by atoms with Crippen molar-refractivity contribution in [2.24, 2.45) is 0 Å². The Morgan fingerprint density at radius 1 is 0.909 bits per heavy atom. The minimum Gasteiger partial charge on any atom is -1.00 e. The number of hydrogen-bond acceptors (Lipinski definition) is 2. The summed E-state index contributed by atoms with van der Waals surface area (Å²) < 4.78 is 0. The predicted molar refractivity (Wildman–Crippen MR) is 10.7 cm³/mol. The summed E-state index contributed by atoms with van der Waals surface area (Å²) in [6.07, 6.45) is 0. The molecule has 0 aromatic heterocycles. The third-order valence-corrected chi connectivity index (χ3v) is 0. The molecule has 0 radical (unpaired) electrons. The van der Waals surface area contributed by atoms with Gasteiger partial charge in [-0.1, -0.05) is 0 Å². The summed E-state index contributed by atoms with van der Waals surface area (Å²) in [4.78, 5) is 8.89. The van der Waals surface area contributed by atoms with Gasteiger partial charge >= 0.3 is 89.5 Å². The maximum atomic E-state index is 8.89. The summed E-state index contributed by atoms with van der Waals surface area (Å²) in [5.41, 5.74) is 0. The molecule has 88 valence electrons. The van der Waals surface area contributed by atoms with Crippen molar-refractivity contribution < 1.29 is 114 Å². The van der Waals surface area contributed by atoms with Crippen LogP contribution in [0.5, 0.6) is 0 Å². The van der Waals surface area contributed by atoms with Crippen LogP contribution in [-0.2, 0) is 94.3 Å². The first-order chi connectivity index (χ1) is 1.73. The molecule has 0 rings (SSSR count). The molecular formula is C2H3Ag4F3O2. The second-order valence-corrected chi connectivity index (χ2v) is 0.492. The quantitative estimate of drug-likeness (QED) is 0.283. The Balaban J connectivity index is -0.00000000214. The van der Waals surface area contributed by atoms with Crippen molar-refractivity contribution in [1.29, 1.82) is 0 Å². The number of carboxylic acids is 1. The van der Waals surface area contributed by atoms with Gasteiger partial charge in [0.05, 0.1) is 0 Å². The zero-order valence-electron chi connectivity index (χ0n) is 4.66. The van der Waals surface area contributed by atoms with Gasteiger partial charge in [-0.3, -0.25) is 0 Å². The first-order valence-corrected chi connectivity index (χ1v) is 0.908. The van der Waals surface area contributed by atoms with E-state index in [1.165, 1.54) is 0 Å². The normalized spacial score (nSPS) is 2.27. The molecule has 0 spiro atoms. The van der Waals surface area contributed by atoms with E-state index in [-0.39, 0.29) is 104 Å². The van der Waals surface area contributed by atoms with Crippen molar-refractivity contribution in [3.8, 4) is 0 Å². The zero-order valence-corrected chi connectivity index (χ0v) is 10.6. The standard InChI is InChI=1S/C2H4O2.4Ag.3FH/c1-2(3)4;;;;;;;/h1H3,(H,3,4);;;;;3*1H/q;4*+1;;;/p-4. The first kappa shape index (κ1) is 72.4. The number of rotatable bonds is 0. The van der Waals surface area contributed by atoms with Gasteiger partial charge in [0, 0.05) is 5.97 Å². The number of aliphatic carboxylic acids is 1. The van der Waals surface area contributed by atoms with E-state index in [1.54, 1.807) is 0 Å². The molecule has 0 aromatic carbocycles. The SMILES string of the molecule is CC(=O)[O-].[Ag+].[Ag+].[Ag+].[Ag+].[F-].[F-].[F-]. The number of carbonyl (C=O) groups excluding carboxylic acids is 1. The van der Waals surface area contributed by atoms with E-state index in [9.17, 15) is 0 Å². The molecule has 0 atom stereocenters. The van der Waals surface area contributed by atoms with Crippen molar-refractivity contribution in [3.63, 3.8) is 0 Å². The molecule has 11 heavy (non-hydrogen) atoms. The molecule has 0 saturated heterocycles. The van der Waals surface area contributed by atoms with Gasteiger partial charge in [-0.25, -0.2) is 0 Å². The number of carbonyl (C=O) groups is 1. The van der Waals surface area contributed by atoms with E-state index in [0.717, 1.165) is 6.92 Å². The molecule has 0 unspecified atom stereocenters. The second-order valence-electron chi connectivity index (χ2n) is 0.492. The van der Waals surface area contributed by atoms with E-state index in [0.29, 0.717) is 0 Å². The minimum atomic E-state index is -1.08. The summed E-state index contributed by atoms with van der Waals surface area (Å²) in [7, 11) is 0. The topological polar surface area (TPSA) is 40.1 Å². The van der Waals surface area contributed by atoms with Crippen LogP contribution in [0.4, 0.5) is 0 Å². The van der Waals surface area contributed by atoms with Gasteiger partial charge in [-0.05, 0) is 6.92 Å². The van der Waals surface area contributed by atoms with Crippen molar-refractivity contribution in [1.82, 2.24) is 0 Å². The van der Waals surface area contributed by atoms with Crippen molar-refractivity contribution in [2.75, 3.05) is 0 Å². The molecule has 0 saturated carbocycles. The predicted octanol–water partition coefficient (Wildman–Crippen LogP) is -10.2. The Morgan fingerprint density at radius 3 is 0.909 bits per heavy atom. The Kier molecular flexibility index (Phi) is 372. The Labute approximate surface area is 125 Å². The average Bonchev–Trinajstić information content (AvgIpc) is 0.811. The molecule has 0 bridgehead atoms. The largest absolute Gasteiger partial charge is 1.00 e. The van der Waals surface area contributed by atoms with E-state index in [2.05, 4.69) is 0 Å². The third kappa shape index (κ3) is 259. The fourth-order valence-electron chi connectivity index (χ4n) is 0. The van der Waals surface area contributed by atoms with Gasteiger partial charge in [0.1, 0.15) is 0 Å². The number of carboxylic acid groups (broad SMARTS) is 1. The average molecular weight is 548 g/mol. The maximum absolute atomic E-state index is 8.89. The van der Waals surface area contributed by atoms with Crippen molar-refractivity contribution >= 4 is 5.97 Å². The van der Waals surface area contributed by atoms with Crippen LogP contribution in [0.15, 0.2) is 0 Å². The number of halogens is 3. The molecule has 0 aliphatic rings. The van der Waals surface area contributed by atoms with Crippen LogP contribution in [-0.4, -0.2) is 5.97 Å². The molecule has 0 aliphatic carbocycles. The first-order valence-electron chi connectivity index (χ1n) is 0.908. The van der Waals surface area contributed by atoms with E-state index in [4.69, 9.17) is 9.90 Å². The Bertz CT molecular complexity index is 44.3. The molecular weight excluding hydrogens is 544 g/mol. The van der Waals surface area contributed by atoms with Gasteiger partial charge < -0.3 is 24.0 Å². The summed E-state index contributed by atoms with van der Waals surface area (Å²) in [6, 6.07) is 0. The molecule has 9 heteroatoms. The van der Waals surface area contributed by atoms with E-state index >= 15 is 0 Å². The monoisotopic (exact) mass is 544 g/mol. The fourth-order valence-corrected chi connectivity index (χ4v) is 0. The summed E-state index contributed by atoms with van der Waals surface area (Å²) >= 11 is 0. The molecule has 0 N–H and O–H groups in total. The second kappa shape index (κ2) is 56.4. The molecule has 2 nitrogen and oxygen atoms in total. The van der Waals surface area contributed by atoms with Crippen LogP contribution >= 0.6 is 0 Å². The molecule has 0 aliphatic heterocycles. The van der Waals surface area contributed by atoms with Crippen LogP contribution in [0.1, 0.15) is 6.92 Å². The Hall–Kier alpha value is 2.22. The van der Waals surface area contributed by atoms with Gasteiger partial charge in [-0.2, -0.15) is 0 Å². The van der Waals surface area contributed by atoms with Gasteiger partial charge in [0.15, 0.2) is 0 Å². The third-order valence-electron chi connectivity index (χ3n) is 0. The van der Waals surface area contributed by atoms with Gasteiger partial charge in [0.2, 0.25) is 0 Å². The molecule has 0 heterocycles.